The molecule has 19 heavy (non-hydrogen) atoms. The molecule has 112 valence electrons. The van der Waals surface area contributed by atoms with Crippen molar-refractivity contribution >= 4 is 10.0 Å². The van der Waals surface area contributed by atoms with Crippen molar-refractivity contribution in [3.8, 4) is 0 Å². The molecule has 2 fully saturated rings. The quantitative estimate of drug-likeness (QED) is 0.800. The highest BCUT2D eigenvalue weighted by atomic mass is 32.2. The summed E-state index contributed by atoms with van der Waals surface area (Å²) in [6.07, 6.45) is 7.23. The zero-order chi connectivity index (χ0) is 13.7. The number of nitrogens with zero attached hydrogens (tertiary/aromatic N) is 2. The van der Waals surface area contributed by atoms with Crippen molar-refractivity contribution in [1.29, 1.82) is 0 Å². The van der Waals surface area contributed by atoms with E-state index in [2.05, 4.69) is 10.2 Å². The minimum Gasteiger partial charge on any atom is -0.315 e. The lowest BCUT2D eigenvalue weighted by Crippen LogP contribution is -2.50. The van der Waals surface area contributed by atoms with Crippen LogP contribution in [0.5, 0.6) is 0 Å². The van der Waals surface area contributed by atoms with Gasteiger partial charge in [0.25, 0.3) is 0 Å². The Morgan fingerprint density at radius 2 is 1.95 bits per heavy atom. The Kier molecular flexibility index (Phi) is 5.62. The van der Waals surface area contributed by atoms with E-state index in [9.17, 15) is 8.42 Å². The van der Waals surface area contributed by atoms with Crippen LogP contribution in [0.3, 0.4) is 0 Å². The third-order valence-corrected chi connectivity index (χ3v) is 5.52. The Bertz CT molecular complexity index is 360. The number of hydrogen-bond acceptors (Lipinski definition) is 4. The fourth-order valence-corrected chi connectivity index (χ4v) is 4.26. The van der Waals surface area contributed by atoms with Gasteiger partial charge in [-0.25, -0.2) is 8.42 Å². The van der Waals surface area contributed by atoms with Crippen LogP contribution in [0.2, 0.25) is 0 Å². The predicted octanol–water partition coefficient (Wildman–Crippen LogP) is 0.486. The maximum Gasteiger partial charge on any atom is 0.211 e. The number of piperidine rings is 2. The van der Waals surface area contributed by atoms with Gasteiger partial charge in [0, 0.05) is 25.7 Å². The molecule has 0 aromatic rings. The number of hydrogen-bond donors (Lipinski definition) is 1. The number of sulfonamides is 1. The van der Waals surface area contributed by atoms with Crippen molar-refractivity contribution in [1.82, 2.24) is 14.5 Å². The number of rotatable bonds is 5. The van der Waals surface area contributed by atoms with E-state index in [0.29, 0.717) is 6.54 Å². The first kappa shape index (κ1) is 15.2. The lowest BCUT2D eigenvalue weighted by Gasteiger charge is -2.35. The minimum absolute atomic E-state index is 0.147. The third-order valence-electron chi connectivity index (χ3n) is 4.19. The first-order valence-electron chi connectivity index (χ1n) is 7.47. The topological polar surface area (TPSA) is 52.7 Å². The van der Waals surface area contributed by atoms with Gasteiger partial charge < -0.3 is 10.2 Å². The maximum absolute atomic E-state index is 12.0. The maximum atomic E-state index is 12.0. The van der Waals surface area contributed by atoms with Crippen LogP contribution in [0, 0.1) is 0 Å². The lowest BCUT2D eigenvalue weighted by molar-refractivity contribution is 0.190. The van der Waals surface area contributed by atoms with Gasteiger partial charge in [-0.15, -0.1) is 0 Å². The van der Waals surface area contributed by atoms with E-state index in [1.807, 2.05) is 0 Å². The molecule has 1 unspecified atom stereocenters. The molecule has 2 aliphatic rings. The highest BCUT2D eigenvalue weighted by molar-refractivity contribution is 7.88. The fraction of sp³-hybridized carbons (Fsp3) is 1.00. The normalized spacial score (nSPS) is 26.7. The highest BCUT2D eigenvalue weighted by Gasteiger charge is 2.28. The van der Waals surface area contributed by atoms with Crippen molar-refractivity contribution < 1.29 is 8.42 Å². The molecule has 2 heterocycles. The van der Waals surface area contributed by atoms with Crippen LogP contribution in [-0.4, -0.2) is 69.2 Å². The van der Waals surface area contributed by atoms with Gasteiger partial charge in [-0.2, -0.15) is 4.31 Å². The molecule has 0 aromatic carbocycles. The van der Waals surface area contributed by atoms with Gasteiger partial charge in [-0.1, -0.05) is 6.42 Å². The smallest absolute Gasteiger partial charge is 0.211 e. The van der Waals surface area contributed by atoms with Gasteiger partial charge in [0.05, 0.1) is 6.26 Å². The second-order valence-corrected chi connectivity index (χ2v) is 7.71. The number of nitrogens with one attached hydrogen (secondary N) is 1. The van der Waals surface area contributed by atoms with E-state index in [4.69, 9.17) is 0 Å². The van der Waals surface area contributed by atoms with Gasteiger partial charge >= 0.3 is 0 Å². The molecule has 1 atom stereocenters. The van der Waals surface area contributed by atoms with Crippen LogP contribution in [0.1, 0.15) is 32.1 Å². The first-order chi connectivity index (χ1) is 9.07. The summed E-state index contributed by atoms with van der Waals surface area (Å²) in [4.78, 5) is 2.40. The Morgan fingerprint density at radius 1 is 1.21 bits per heavy atom. The Labute approximate surface area is 117 Å². The molecule has 6 heteroatoms. The Balaban J connectivity index is 1.89. The van der Waals surface area contributed by atoms with Crippen LogP contribution in [0.4, 0.5) is 0 Å². The largest absolute Gasteiger partial charge is 0.315 e. The minimum atomic E-state index is -3.10. The zero-order valence-electron chi connectivity index (χ0n) is 12.0. The van der Waals surface area contributed by atoms with Gasteiger partial charge in [0.15, 0.2) is 0 Å². The highest BCUT2D eigenvalue weighted by Crippen LogP contribution is 2.15. The average molecular weight is 289 g/mol. The third kappa shape index (κ3) is 4.70. The lowest BCUT2D eigenvalue weighted by atomic mass is 10.1. The molecule has 2 saturated heterocycles. The van der Waals surface area contributed by atoms with Crippen LogP contribution in [0.25, 0.3) is 0 Å². The Morgan fingerprint density at radius 3 is 2.53 bits per heavy atom. The summed E-state index contributed by atoms with van der Waals surface area (Å²) in [6.45, 7) is 5.59. The van der Waals surface area contributed by atoms with Crippen molar-refractivity contribution in [2.24, 2.45) is 0 Å². The molecule has 5 nitrogen and oxygen atoms in total. The first-order valence-corrected chi connectivity index (χ1v) is 9.32. The van der Waals surface area contributed by atoms with Crippen LogP contribution < -0.4 is 5.32 Å². The molecule has 0 aliphatic carbocycles. The van der Waals surface area contributed by atoms with Crippen LogP contribution in [-0.2, 0) is 10.0 Å². The van der Waals surface area contributed by atoms with Gasteiger partial charge in [-0.05, 0) is 45.3 Å². The molecule has 0 saturated carbocycles. The van der Waals surface area contributed by atoms with E-state index in [1.54, 1.807) is 4.31 Å². The van der Waals surface area contributed by atoms with E-state index in [1.165, 1.54) is 25.5 Å². The summed E-state index contributed by atoms with van der Waals surface area (Å²) in [5.41, 5.74) is 0. The molecular weight excluding hydrogens is 262 g/mol. The molecule has 2 aliphatic heterocycles. The average Bonchev–Trinajstić information content (AvgIpc) is 2.40. The van der Waals surface area contributed by atoms with Crippen LogP contribution >= 0.6 is 0 Å². The summed E-state index contributed by atoms with van der Waals surface area (Å²) in [6, 6.07) is 0.147. The van der Waals surface area contributed by atoms with E-state index in [-0.39, 0.29) is 6.04 Å². The van der Waals surface area contributed by atoms with Crippen molar-refractivity contribution in [2.45, 2.75) is 38.1 Å². The summed E-state index contributed by atoms with van der Waals surface area (Å²) >= 11 is 0. The van der Waals surface area contributed by atoms with Gasteiger partial charge in [-0.3, -0.25) is 0 Å². The predicted molar refractivity (Wildman–Crippen MR) is 77.7 cm³/mol. The summed E-state index contributed by atoms with van der Waals surface area (Å²) in [5, 5.41) is 3.31. The molecule has 0 amide bonds. The molecule has 0 radical (unpaired) electrons. The molecule has 0 spiro atoms. The summed E-state index contributed by atoms with van der Waals surface area (Å²) in [7, 11) is -3.10. The fourth-order valence-electron chi connectivity index (χ4n) is 3.12. The summed E-state index contributed by atoms with van der Waals surface area (Å²) in [5.74, 6) is 0. The molecule has 0 aromatic heterocycles. The monoisotopic (exact) mass is 289 g/mol. The van der Waals surface area contributed by atoms with Gasteiger partial charge in [0.2, 0.25) is 10.0 Å². The van der Waals surface area contributed by atoms with E-state index in [0.717, 1.165) is 45.6 Å². The van der Waals surface area contributed by atoms with Gasteiger partial charge in [0.1, 0.15) is 0 Å². The molecular formula is C13H27N3O2S. The van der Waals surface area contributed by atoms with E-state index < -0.39 is 10.0 Å². The van der Waals surface area contributed by atoms with E-state index >= 15 is 0 Å². The molecule has 1 N–H and O–H groups in total. The Hall–Kier alpha value is -0.170. The zero-order valence-corrected chi connectivity index (χ0v) is 12.8. The van der Waals surface area contributed by atoms with Crippen molar-refractivity contribution in [3.05, 3.63) is 0 Å². The molecule has 2 rings (SSSR count). The van der Waals surface area contributed by atoms with Crippen LogP contribution in [0.15, 0.2) is 0 Å². The van der Waals surface area contributed by atoms with Crippen molar-refractivity contribution in [2.75, 3.05) is 45.5 Å². The summed E-state index contributed by atoms with van der Waals surface area (Å²) < 4.78 is 25.7. The standard InChI is InChI=1S/C13H27N3O2S/c1-19(17,18)16(13-6-5-7-14-12-13)11-10-15-8-3-2-4-9-15/h13-14H,2-12H2,1H3. The SMILES string of the molecule is CS(=O)(=O)N(CCN1CCCCC1)C1CCCNC1. The number of likely N-dealkylation sites (tertiary alicyclic amines) is 1. The molecule has 0 bridgehead atoms. The van der Waals surface area contributed by atoms with Crippen molar-refractivity contribution in [3.63, 3.8) is 0 Å². The second kappa shape index (κ2) is 7.02. The second-order valence-electron chi connectivity index (χ2n) is 5.78.